The van der Waals surface area contributed by atoms with Crippen molar-refractivity contribution < 1.29 is 9.53 Å². The predicted molar refractivity (Wildman–Crippen MR) is 66.1 cm³/mol. The number of aromatic nitrogens is 5. The molecule has 1 aliphatic heterocycles. The summed E-state index contributed by atoms with van der Waals surface area (Å²) in [6, 6.07) is 0. The minimum atomic E-state index is -0.169. The molecule has 1 atom stereocenters. The third-order valence-electron chi connectivity index (χ3n) is 3.46. The minimum absolute atomic E-state index is 0.108. The van der Waals surface area contributed by atoms with Gasteiger partial charge in [-0.25, -0.2) is 0 Å². The fourth-order valence-electron chi connectivity index (χ4n) is 2.45. The maximum atomic E-state index is 11.6. The number of fused-ring (bicyclic) bond motifs is 1. The van der Waals surface area contributed by atoms with E-state index in [1.165, 1.54) is 7.11 Å². The second-order valence-corrected chi connectivity index (χ2v) is 4.71. The molecule has 3 heterocycles. The molecule has 0 aromatic carbocycles. The molecular weight excluding hydrogens is 246 g/mol. The second kappa shape index (κ2) is 4.49. The summed E-state index contributed by atoms with van der Waals surface area (Å²) in [6.45, 7) is 0.728. The Morgan fingerprint density at radius 3 is 3.00 bits per heavy atom. The van der Waals surface area contributed by atoms with Crippen LogP contribution in [0, 0.1) is 5.92 Å². The Balaban J connectivity index is 1.90. The third-order valence-corrected chi connectivity index (χ3v) is 3.46. The molecule has 2 aromatic heterocycles. The largest absolute Gasteiger partial charge is 0.469 e. The van der Waals surface area contributed by atoms with Crippen molar-refractivity contribution in [3.63, 3.8) is 0 Å². The molecule has 0 saturated heterocycles. The average Bonchev–Trinajstić information content (AvgIpc) is 3.02. The number of carbonyl (C=O) groups excluding carboxylic acids is 1. The lowest BCUT2D eigenvalue weighted by molar-refractivity contribution is -0.146. The van der Waals surface area contributed by atoms with Crippen molar-refractivity contribution in [1.82, 2.24) is 24.5 Å². The molecule has 7 nitrogen and oxygen atoms in total. The van der Waals surface area contributed by atoms with Gasteiger partial charge in [0, 0.05) is 26.2 Å². The summed E-state index contributed by atoms with van der Waals surface area (Å²) in [5.41, 5.74) is 0.942. The van der Waals surface area contributed by atoms with Gasteiger partial charge >= 0.3 is 5.97 Å². The number of ether oxygens (including phenoxy) is 1. The molecule has 0 spiro atoms. The number of hydrogen-bond donors (Lipinski definition) is 0. The maximum Gasteiger partial charge on any atom is 0.309 e. The second-order valence-electron chi connectivity index (χ2n) is 4.71. The highest BCUT2D eigenvalue weighted by Gasteiger charge is 2.28. The van der Waals surface area contributed by atoms with Crippen LogP contribution in [0.1, 0.15) is 12.2 Å². The molecule has 0 amide bonds. The first kappa shape index (κ1) is 11.9. The van der Waals surface area contributed by atoms with E-state index >= 15 is 0 Å². The fraction of sp³-hybridized carbons (Fsp3) is 0.500. The monoisotopic (exact) mass is 261 g/mol. The van der Waals surface area contributed by atoms with Crippen LogP contribution in [-0.2, 0) is 29.5 Å². The summed E-state index contributed by atoms with van der Waals surface area (Å²) >= 11 is 0. The summed E-state index contributed by atoms with van der Waals surface area (Å²) in [6.07, 6.45) is 5.01. The molecule has 7 heteroatoms. The van der Waals surface area contributed by atoms with E-state index in [9.17, 15) is 4.79 Å². The Kier molecular flexibility index (Phi) is 2.81. The van der Waals surface area contributed by atoms with Crippen LogP contribution in [0.15, 0.2) is 12.4 Å². The number of aryl methyl sites for hydroxylation is 1. The van der Waals surface area contributed by atoms with E-state index in [1.54, 1.807) is 10.9 Å². The van der Waals surface area contributed by atoms with Crippen LogP contribution >= 0.6 is 0 Å². The summed E-state index contributed by atoms with van der Waals surface area (Å²) < 4.78 is 8.57. The number of esters is 1. The van der Waals surface area contributed by atoms with E-state index in [2.05, 4.69) is 19.9 Å². The van der Waals surface area contributed by atoms with Gasteiger partial charge in [0.15, 0.2) is 5.82 Å². The van der Waals surface area contributed by atoms with Gasteiger partial charge in [-0.15, -0.1) is 10.2 Å². The molecule has 0 N–H and O–H groups in total. The lowest BCUT2D eigenvalue weighted by Crippen LogP contribution is -2.27. The smallest absolute Gasteiger partial charge is 0.309 e. The average molecular weight is 261 g/mol. The standard InChI is InChI=1S/C12H15N5O2/c1-16-7-9(6-13-16)11-15-14-10-5-8(12(18)19-2)3-4-17(10)11/h6-8H,3-5H2,1-2H3. The highest BCUT2D eigenvalue weighted by atomic mass is 16.5. The predicted octanol–water partition coefficient (Wildman–Crippen LogP) is 0.414. The molecule has 0 saturated carbocycles. The number of methoxy groups -OCH3 is 1. The van der Waals surface area contributed by atoms with Crippen molar-refractivity contribution in [3.05, 3.63) is 18.2 Å². The molecule has 0 aliphatic carbocycles. The van der Waals surface area contributed by atoms with Gasteiger partial charge in [0.1, 0.15) is 5.82 Å². The van der Waals surface area contributed by atoms with E-state index in [0.717, 1.165) is 30.2 Å². The number of carbonyl (C=O) groups is 1. The van der Waals surface area contributed by atoms with E-state index in [0.29, 0.717) is 6.42 Å². The maximum absolute atomic E-state index is 11.6. The molecule has 19 heavy (non-hydrogen) atoms. The number of nitrogens with zero attached hydrogens (tertiary/aromatic N) is 5. The van der Waals surface area contributed by atoms with Crippen LogP contribution in [0.5, 0.6) is 0 Å². The molecule has 1 unspecified atom stereocenters. The van der Waals surface area contributed by atoms with E-state index in [1.807, 2.05) is 13.2 Å². The van der Waals surface area contributed by atoms with Gasteiger partial charge in [0.05, 0.1) is 24.8 Å². The molecule has 2 aromatic rings. The SMILES string of the molecule is COC(=O)C1CCn2c(nnc2-c2cnn(C)c2)C1. The van der Waals surface area contributed by atoms with Gasteiger partial charge in [-0.3, -0.25) is 9.48 Å². The molecule has 1 aliphatic rings. The Morgan fingerprint density at radius 2 is 2.32 bits per heavy atom. The van der Waals surface area contributed by atoms with Crippen LogP contribution in [0.4, 0.5) is 0 Å². The normalized spacial score (nSPS) is 18.1. The van der Waals surface area contributed by atoms with E-state index in [-0.39, 0.29) is 11.9 Å². The molecule has 3 rings (SSSR count). The Labute approximate surface area is 110 Å². The topological polar surface area (TPSA) is 74.8 Å². The Hall–Kier alpha value is -2.18. The highest BCUT2D eigenvalue weighted by molar-refractivity contribution is 5.72. The molecule has 0 radical (unpaired) electrons. The Morgan fingerprint density at radius 1 is 1.47 bits per heavy atom. The third kappa shape index (κ3) is 2.00. The highest BCUT2D eigenvalue weighted by Crippen LogP contribution is 2.25. The van der Waals surface area contributed by atoms with Crippen LogP contribution in [-0.4, -0.2) is 37.6 Å². The molecule has 100 valence electrons. The first-order chi connectivity index (χ1) is 9.19. The van der Waals surface area contributed by atoms with Crippen molar-refractivity contribution in [1.29, 1.82) is 0 Å². The zero-order valence-corrected chi connectivity index (χ0v) is 10.9. The van der Waals surface area contributed by atoms with Crippen molar-refractivity contribution in [2.24, 2.45) is 13.0 Å². The lowest BCUT2D eigenvalue weighted by Gasteiger charge is -2.21. The van der Waals surface area contributed by atoms with E-state index in [4.69, 9.17) is 4.74 Å². The molecular formula is C12H15N5O2. The van der Waals surface area contributed by atoms with E-state index < -0.39 is 0 Å². The number of hydrogen-bond acceptors (Lipinski definition) is 5. The van der Waals surface area contributed by atoms with Crippen LogP contribution in [0.3, 0.4) is 0 Å². The zero-order valence-electron chi connectivity index (χ0n) is 10.9. The van der Waals surface area contributed by atoms with Crippen LogP contribution < -0.4 is 0 Å². The van der Waals surface area contributed by atoms with Crippen LogP contribution in [0.2, 0.25) is 0 Å². The van der Waals surface area contributed by atoms with Crippen molar-refractivity contribution >= 4 is 5.97 Å². The minimum Gasteiger partial charge on any atom is -0.469 e. The van der Waals surface area contributed by atoms with Gasteiger partial charge in [0.2, 0.25) is 0 Å². The zero-order chi connectivity index (χ0) is 13.4. The number of rotatable bonds is 2. The Bertz CT molecular complexity index is 615. The van der Waals surface area contributed by atoms with Gasteiger partial charge in [-0.1, -0.05) is 0 Å². The van der Waals surface area contributed by atoms with Crippen LogP contribution in [0.25, 0.3) is 11.4 Å². The molecule has 0 bridgehead atoms. The molecule has 0 fully saturated rings. The van der Waals surface area contributed by atoms with Crippen molar-refractivity contribution in [2.45, 2.75) is 19.4 Å². The van der Waals surface area contributed by atoms with Crippen molar-refractivity contribution in [2.75, 3.05) is 7.11 Å². The first-order valence-corrected chi connectivity index (χ1v) is 6.18. The summed E-state index contributed by atoms with van der Waals surface area (Å²) in [5.74, 6) is 1.37. The summed E-state index contributed by atoms with van der Waals surface area (Å²) in [5, 5.41) is 12.5. The van der Waals surface area contributed by atoms with Gasteiger partial charge in [0.25, 0.3) is 0 Å². The van der Waals surface area contributed by atoms with Crippen molar-refractivity contribution in [3.8, 4) is 11.4 Å². The quantitative estimate of drug-likeness (QED) is 0.732. The lowest BCUT2D eigenvalue weighted by atomic mass is 9.98. The van der Waals surface area contributed by atoms with Gasteiger partial charge in [-0.05, 0) is 6.42 Å². The summed E-state index contributed by atoms with van der Waals surface area (Å²) in [7, 11) is 3.28. The summed E-state index contributed by atoms with van der Waals surface area (Å²) in [4.78, 5) is 11.6. The van der Waals surface area contributed by atoms with Gasteiger partial charge < -0.3 is 9.30 Å². The first-order valence-electron chi connectivity index (χ1n) is 6.18. The fourth-order valence-corrected chi connectivity index (χ4v) is 2.45. The van der Waals surface area contributed by atoms with Gasteiger partial charge in [-0.2, -0.15) is 5.10 Å².